The van der Waals surface area contributed by atoms with Crippen LogP contribution in [0.2, 0.25) is 0 Å². The number of esters is 1. The van der Waals surface area contributed by atoms with Crippen molar-refractivity contribution in [3.8, 4) is 0 Å². The van der Waals surface area contributed by atoms with Crippen LogP contribution in [-0.2, 0) is 28.7 Å². The maximum absolute atomic E-state index is 13.8. The fraction of sp³-hybridized carbons (Fsp3) is 0.577. The number of hydrogen-bond acceptors (Lipinski definition) is 7. The number of methoxy groups -OCH3 is 1. The van der Waals surface area contributed by atoms with Crippen LogP contribution in [0.1, 0.15) is 69.7 Å². The number of benzene rings is 1. The lowest BCUT2D eigenvalue weighted by Crippen LogP contribution is -2.54. The molecule has 2 atom stereocenters. The zero-order valence-corrected chi connectivity index (χ0v) is 22.8. The van der Waals surface area contributed by atoms with Gasteiger partial charge < -0.3 is 30.7 Å². The molecule has 0 heterocycles. The Morgan fingerprint density at radius 2 is 1.73 bits per heavy atom. The molecular formula is C26H40N4O7. The predicted molar refractivity (Wildman–Crippen MR) is 137 cm³/mol. The molecule has 1 aromatic carbocycles. The number of nitrogens with zero attached hydrogens (tertiary/aromatic N) is 1. The molecule has 11 heteroatoms. The topological polar surface area (TPSA) is 157 Å². The van der Waals surface area contributed by atoms with Crippen molar-refractivity contribution in [2.45, 2.75) is 78.5 Å². The third-order valence-electron chi connectivity index (χ3n) is 5.47. The van der Waals surface area contributed by atoms with Gasteiger partial charge in [-0.15, -0.1) is 0 Å². The molecular weight excluding hydrogens is 480 g/mol. The molecule has 0 aliphatic heterocycles. The Morgan fingerprint density at radius 3 is 2.24 bits per heavy atom. The van der Waals surface area contributed by atoms with Gasteiger partial charge in [0.1, 0.15) is 24.2 Å². The number of nitrogens with one attached hydrogen (secondary N) is 2. The van der Waals surface area contributed by atoms with Gasteiger partial charge >= 0.3 is 12.1 Å². The number of rotatable bonds is 12. The Bertz CT molecular complexity index is 988. The lowest BCUT2D eigenvalue weighted by Gasteiger charge is -2.34. The van der Waals surface area contributed by atoms with E-state index in [0.29, 0.717) is 18.4 Å². The Kier molecular flexibility index (Phi) is 12.0. The Hall–Kier alpha value is -3.63. The van der Waals surface area contributed by atoms with E-state index >= 15 is 0 Å². The van der Waals surface area contributed by atoms with Crippen molar-refractivity contribution >= 4 is 29.8 Å². The van der Waals surface area contributed by atoms with Gasteiger partial charge in [-0.1, -0.05) is 31.5 Å². The molecule has 1 rings (SSSR count). The van der Waals surface area contributed by atoms with Gasteiger partial charge in [-0.2, -0.15) is 0 Å². The van der Waals surface area contributed by atoms with E-state index in [1.54, 1.807) is 32.9 Å². The summed E-state index contributed by atoms with van der Waals surface area (Å²) in [4.78, 5) is 64.5. The van der Waals surface area contributed by atoms with Gasteiger partial charge in [0.15, 0.2) is 0 Å². The summed E-state index contributed by atoms with van der Waals surface area (Å²) in [5.74, 6) is -2.78. The molecule has 0 aliphatic rings. The number of ether oxygens (including phenoxy) is 2. The van der Waals surface area contributed by atoms with Crippen molar-refractivity contribution < 1.29 is 33.4 Å². The van der Waals surface area contributed by atoms with E-state index < -0.39 is 60.4 Å². The summed E-state index contributed by atoms with van der Waals surface area (Å²) in [7, 11) is 1.20. The molecule has 11 nitrogen and oxygen atoms in total. The molecule has 37 heavy (non-hydrogen) atoms. The van der Waals surface area contributed by atoms with Crippen LogP contribution < -0.4 is 16.4 Å². The highest BCUT2D eigenvalue weighted by Gasteiger charge is 2.37. The predicted octanol–water partition coefficient (Wildman–Crippen LogP) is 2.03. The van der Waals surface area contributed by atoms with E-state index in [2.05, 4.69) is 15.4 Å². The van der Waals surface area contributed by atoms with E-state index in [0.717, 1.165) is 11.1 Å². The second-order valence-electron chi connectivity index (χ2n) is 9.79. The first kappa shape index (κ1) is 31.4. The number of unbranched alkanes of at least 4 members (excludes halogenated alkanes) is 1. The highest BCUT2D eigenvalue weighted by molar-refractivity contribution is 5.95. The highest BCUT2D eigenvalue weighted by Crippen LogP contribution is 2.26. The van der Waals surface area contributed by atoms with E-state index in [-0.39, 0.29) is 6.54 Å². The van der Waals surface area contributed by atoms with E-state index in [1.165, 1.54) is 12.0 Å². The number of alkyl carbamates (subject to hydrolysis) is 1. The number of carbonyl (C=O) groups excluding carboxylic acids is 5. The summed E-state index contributed by atoms with van der Waals surface area (Å²) in [5, 5.41) is 4.95. The molecule has 2 unspecified atom stereocenters. The van der Waals surface area contributed by atoms with Gasteiger partial charge in [0.05, 0.1) is 13.5 Å². The molecule has 4 N–H and O–H groups in total. The molecule has 0 saturated carbocycles. The van der Waals surface area contributed by atoms with Crippen LogP contribution in [0, 0.1) is 13.8 Å². The van der Waals surface area contributed by atoms with Crippen molar-refractivity contribution in [3.05, 3.63) is 34.9 Å². The largest absolute Gasteiger partial charge is 0.468 e. The average molecular weight is 521 g/mol. The van der Waals surface area contributed by atoms with Gasteiger partial charge in [0, 0.05) is 6.54 Å². The number of carbonyl (C=O) groups is 5. The minimum Gasteiger partial charge on any atom is -0.468 e. The minimum atomic E-state index is -1.37. The summed E-state index contributed by atoms with van der Waals surface area (Å²) >= 11 is 0. The van der Waals surface area contributed by atoms with Crippen LogP contribution in [0.3, 0.4) is 0 Å². The van der Waals surface area contributed by atoms with Crippen molar-refractivity contribution in [2.24, 2.45) is 5.73 Å². The monoisotopic (exact) mass is 520 g/mol. The number of aryl methyl sites for hydroxylation is 2. The van der Waals surface area contributed by atoms with Gasteiger partial charge in [0.2, 0.25) is 17.7 Å². The van der Waals surface area contributed by atoms with Gasteiger partial charge in [0.25, 0.3) is 0 Å². The smallest absolute Gasteiger partial charge is 0.408 e. The minimum absolute atomic E-state index is 0.143. The SMILES string of the molecule is CCCCN(C(=O)C(CC(N)=O)NC(=O)OC(C)(C)C)C(C(=O)NCC(=O)OC)c1ccc(C)c(C)c1. The standard InChI is InChI=1S/C26H40N4O7/c1-8-9-12-30(24(34)19(14-20(27)31)29-25(35)37-26(4,5)6)22(23(33)28-15-21(32)36-7)18-11-10-16(2)17(3)13-18/h10-11,13,19,22H,8-9,12,14-15H2,1-7H3,(H2,27,31)(H,28,33)(H,29,35). The molecule has 4 amide bonds. The Morgan fingerprint density at radius 1 is 1.08 bits per heavy atom. The third-order valence-corrected chi connectivity index (χ3v) is 5.47. The number of nitrogens with two attached hydrogens (primary N) is 1. The maximum Gasteiger partial charge on any atom is 0.408 e. The van der Waals surface area contributed by atoms with Crippen LogP contribution in [0.15, 0.2) is 18.2 Å². The van der Waals surface area contributed by atoms with Crippen molar-refractivity contribution in [3.63, 3.8) is 0 Å². The van der Waals surface area contributed by atoms with E-state index in [4.69, 9.17) is 10.5 Å². The summed E-state index contributed by atoms with van der Waals surface area (Å²) in [6.07, 6.45) is -0.162. The number of amides is 4. The highest BCUT2D eigenvalue weighted by atomic mass is 16.6. The third kappa shape index (κ3) is 10.5. The second-order valence-corrected chi connectivity index (χ2v) is 9.79. The molecule has 0 aliphatic carbocycles. The van der Waals surface area contributed by atoms with Gasteiger partial charge in [-0.25, -0.2) is 4.79 Å². The lowest BCUT2D eigenvalue weighted by atomic mass is 9.97. The first-order chi connectivity index (χ1) is 17.2. The zero-order valence-electron chi connectivity index (χ0n) is 22.8. The molecule has 0 spiro atoms. The molecule has 1 aromatic rings. The first-order valence-corrected chi connectivity index (χ1v) is 12.2. The van der Waals surface area contributed by atoms with Crippen molar-refractivity contribution in [1.29, 1.82) is 0 Å². The van der Waals surface area contributed by atoms with Crippen LogP contribution >= 0.6 is 0 Å². The van der Waals surface area contributed by atoms with Crippen molar-refractivity contribution in [1.82, 2.24) is 15.5 Å². The second kappa shape index (κ2) is 14.2. The fourth-order valence-electron chi connectivity index (χ4n) is 3.48. The summed E-state index contributed by atoms with van der Waals surface area (Å²) in [5.41, 5.74) is 6.92. The van der Waals surface area contributed by atoms with Crippen LogP contribution in [-0.4, -0.2) is 66.5 Å². The van der Waals surface area contributed by atoms with E-state index in [9.17, 15) is 24.0 Å². The number of hydrogen-bond donors (Lipinski definition) is 3. The van der Waals surface area contributed by atoms with Crippen molar-refractivity contribution in [2.75, 3.05) is 20.2 Å². The quantitative estimate of drug-likeness (QED) is 0.356. The molecule has 0 bridgehead atoms. The normalized spacial score (nSPS) is 12.6. The fourth-order valence-corrected chi connectivity index (χ4v) is 3.48. The van der Waals surface area contributed by atoms with E-state index in [1.807, 2.05) is 26.8 Å². The number of primary amides is 1. The molecule has 0 radical (unpaired) electrons. The summed E-state index contributed by atoms with van der Waals surface area (Å²) < 4.78 is 9.87. The van der Waals surface area contributed by atoms with Crippen LogP contribution in [0.4, 0.5) is 4.79 Å². The molecule has 206 valence electrons. The molecule has 0 fully saturated rings. The molecule has 0 aromatic heterocycles. The van der Waals surface area contributed by atoms with Gasteiger partial charge in [-0.05, 0) is 57.7 Å². The maximum atomic E-state index is 13.8. The summed E-state index contributed by atoms with van der Waals surface area (Å²) in [6.45, 7) is 10.4. The lowest BCUT2D eigenvalue weighted by molar-refractivity contribution is -0.145. The average Bonchev–Trinajstić information content (AvgIpc) is 2.79. The zero-order chi connectivity index (χ0) is 28.3. The van der Waals surface area contributed by atoms with Crippen LogP contribution in [0.5, 0.6) is 0 Å². The first-order valence-electron chi connectivity index (χ1n) is 12.2. The Balaban J connectivity index is 3.52. The van der Waals surface area contributed by atoms with Crippen LogP contribution in [0.25, 0.3) is 0 Å². The van der Waals surface area contributed by atoms with Gasteiger partial charge in [-0.3, -0.25) is 19.2 Å². The Labute approximate surface area is 218 Å². The summed E-state index contributed by atoms with van der Waals surface area (Å²) in [6, 6.07) is 2.81. The molecule has 0 saturated heterocycles.